The second kappa shape index (κ2) is 6.39. The topological polar surface area (TPSA) is 32.3 Å². The largest absolute Gasteiger partial charge is 0.340 e. The van der Waals surface area contributed by atoms with E-state index in [2.05, 4.69) is 17.1 Å². The van der Waals surface area contributed by atoms with Gasteiger partial charge in [-0.3, -0.25) is 4.79 Å². The van der Waals surface area contributed by atoms with E-state index in [1.807, 2.05) is 0 Å². The van der Waals surface area contributed by atoms with Crippen LogP contribution in [0.15, 0.2) is 0 Å². The normalized spacial score (nSPS) is 23.9. The van der Waals surface area contributed by atoms with Gasteiger partial charge in [-0.05, 0) is 51.1 Å². The van der Waals surface area contributed by atoms with Gasteiger partial charge in [-0.15, -0.1) is 0 Å². The van der Waals surface area contributed by atoms with Crippen molar-refractivity contribution >= 4 is 5.91 Å². The summed E-state index contributed by atoms with van der Waals surface area (Å²) >= 11 is 0. The van der Waals surface area contributed by atoms with Crippen molar-refractivity contribution in [2.75, 3.05) is 19.6 Å². The van der Waals surface area contributed by atoms with E-state index in [9.17, 15) is 4.79 Å². The molecule has 2 aliphatic rings. The first-order chi connectivity index (χ1) is 8.31. The number of nitrogens with one attached hydrogen (secondary N) is 1. The van der Waals surface area contributed by atoms with E-state index in [1.165, 1.54) is 25.7 Å². The molecule has 0 bridgehead atoms. The minimum absolute atomic E-state index is 0.410. The highest BCUT2D eigenvalue weighted by molar-refractivity contribution is 5.76. The molecule has 1 N–H and O–H groups in total. The van der Waals surface area contributed by atoms with Crippen LogP contribution in [0.2, 0.25) is 0 Å². The van der Waals surface area contributed by atoms with Crippen molar-refractivity contribution < 1.29 is 4.79 Å². The molecule has 0 aromatic rings. The molecule has 1 saturated carbocycles. The van der Waals surface area contributed by atoms with E-state index in [4.69, 9.17) is 0 Å². The molecule has 1 saturated heterocycles. The lowest BCUT2D eigenvalue weighted by Crippen LogP contribution is -2.34. The Labute approximate surface area is 105 Å². The van der Waals surface area contributed by atoms with Gasteiger partial charge in [0, 0.05) is 19.0 Å². The predicted molar refractivity (Wildman–Crippen MR) is 69.9 cm³/mol. The minimum Gasteiger partial charge on any atom is -0.340 e. The number of nitrogens with zero attached hydrogens (tertiary/aromatic N) is 1. The fraction of sp³-hybridized carbons (Fsp3) is 0.929. The Morgan fingerprint density at radius 3 is 2.76 bits per heavy atom. The molecule has 1 atom stereocenters. The van der Waals surface area contributed by atoms with Gasteiger partial charge in [-0.2, -0.15) is 0 Å². The minimum atomic E-state index is 0.410. The van der Waals surface area contributed by atoms with E-state index >= 15 is 0 Å². The molecular weight excluding hydrogens is 212 g/mol. The molecule has 1 aliphatic heterocycles. The fourth-order valence-corrected chi connectivity index (χ4v) is 2.66. The molecule has 1 amide bonds. The lowest BCUT2D eigenvalue weighted by molar-refractivity contribution is -0.132. The summed E-state index contributed by atoms with van der Waals surface area (Å²) in [5.74, 6) is 1.15. The Bertz CT molecular complexity index is 245. The van der Waals surface area contributed by atoms with Crippen LogP contribution in [0.3, 0.4) is 0 Å². The summed E-state index contributed by atoms with van der Waals surface area (Å²) in [6.07, 6.45) is 7.93. The molecule has 3 nitrogen and oxygen atoms in total. The van der Waals surface area contributed by atoms with Crippen LogP contribution in [-0.2, 0) is 4.79 Å². The maximum Gasteiger partial charge on any atom is 0.222 e. The monoisotopic (exact) mass is 238 g/mol. The molecule has 98 valence electrons. The first kappa shape index (κ1) is 12.9. The van der Waals surface area contributed by atoms with Crippen LogP contribution in [-0.4, -0.2) is 36.5 Å². The number of unbranched alkanes of at least 4 members (excludes halogenated alkanes) is 1. The van der Waals surface area contributed by atoms with Crippen LogP contribution in [0.1, 0.15) is 51.9 Å². The van der Waals surface area contributed by atoms with Gasteiger partial charge in [-0.1, -0.05) is 13.3 Å². The van der Waals surface area contributed by atoms with Gasteiger partial charge >= 0.3 is 0 Å². The molecule has 0 aromatic carbocycles. The first-order valence-corrected chi connectivity index (χ1v) is 7.31. The summed E-state index contributed by atoms with van der Waals surface area (Å²) in [5, 5.41) is 3.37. The van der Waals surface area contributed by atoms with Gasteiger partial charge in [0.25, 0.3) is 0 Å². The molecule has 17 heavy (non-hydrogen) atoms. The summed E-state index contributed by atoms with van der Waals surface area (Å²) < 4.78 is 0. The Morgan fingerprint density at radius 2 is 2.18 bits per heavy atom. The number of hydrogen-bond acceptors (Lipinski definition) is 2. The molecule has 3 heteroatoms. The molecule has 0 aromatic heterocycles. The van der Waals surface area contributed by atoms with Gasteiger partial charge < -0.3 is 10.2 Å². The molecule has 1 unspecified atom stereocenters. The van der Waals surface area contributed by atoms with Crippen molar-refractivity contribution in [1.82, 2.24) is 10.2 Å². The Morgan fingerprint density at radius 1 is 1.35 bits per heavy atom. The highest BCUT2D eigenvalue weighted by Gasteiger charge is 2.31. The highest BCUT2D eigenvalue weighted by atomic mass is 16.2. The average Bonchev–Trinajstić information content (AvgIpc) is 3.03. The van der Waals surface area contributed by atoms with Crippen LogP contribution in [0, 0.1) is 5.92 Å². The quantitative estimate of drug-likeness (QED) is 0.737. The van der Waals surface area contributed by atoms with Crippen molar-refractivity contribution in [3.63, 3.8) is 0 Å². The third kappa shape index (κ3) is 3.98. The Balaban J connectivity index is 1.71. The highest BCUT2D eigenvalue weighted by Crippen LogP contribution is 2.28. The van der Waals surface area contributed by atoms with Crippen LogP contribution in [0.4, 0.5) is 0 Å². The second-order valence-electron chi connectivity index (χ2n) is 5.57. The van der Waals surface area contributed by atoms with Gasteiger partial charge in [-0.25, -0.2) is 0 Å². The Kier molecular flexibility index (Phi) is 4.84. The van der Waals surface area contributed by atoms with Gasteiger partial charge in [0.2, 0.25) is 5.91 Å². The van der Waals surface area contributed by atoms with Crippen LogP contribution >= 0.6 is 0 Å². The van der Waals surface area contributed by atoms with Crippen LogP contribution in [0.5, 0.6) is 0 Å². The van der Waals surface area contributed by atoms with Crippen LogP contribution < -0.4 is 5.32 Å². The molecular formula is C14H26N2O. The molecule has 2 rings (SSSR count). The summed E-state index contributed by atoms with van der Waals surface area (Å²) in [4.78, 5) is 14.4. The van der Waals surface area contributed by atoms with E-state index in [0.717, 1.165) is 44.8 Å². The van der Waals surface area contributed by atoms with E-state index in [0.29, 0.717) is 11.9 Å². The molecule has 1 heterocycles. The van der Waals surface area contributed by atoms with E-state index in [-0.39, 0.29) is 0 Å². The molecule has 2 fully saturated rings. The number of rotatable bonds is 7. The Hall–Kier alpha value is -0.570. The summed E-state index contributed by atoms with van der Waals surface area (Å²) in [6, 6.07) is 0.593. The van der Waals surface area contributed by atoms with Crippen LogP contribution in [0.25, 0.3) is 0 Å². The maximum atomic E-state index is 12.2. The molecule has 1 aliphatic carbocycles. The number of carbonyl (C=O) groups is 1. The summed E-state index contributed by atoms with van der Waals surface area (Å²) in [6.45, 7) is 5.44. The van der Waals surface area contributed by atoms with Gasteiger partial charge in [0.1, 0.15) is 0 Å². The number of carbonyl (C=O) groups excluding carboxylic acids is 1. The molecule has 0 radical (unpaired) electrons. The summed E-state index contributed by atoms with van der Waals surface area (Å²) in [5.41, 5.74) is 0. The second-order valence-corrected chi connectivity index (χ2v) is 5.57. The van der Waals surface area contributed by atoms with Gasteiger partial charge in [0.05, 0.1) is 0 Å². The number of amides is 1. The van der Waals surface area contributed by atoms with Crippen molar-refractivity contribution in [3.05, 3.63) is 0 Å². The fourth-order valence-electron chi connectivity index (χ4n) is 2.66. The third-order valence-electron chi connectivity index (χ3n) is 3.99. The first-order valence-electron chi connectivity index (χ1n) is 7.31. The molecule has 0 spiro atoms. The lowest BCUT2D eigenvalue weighted by Gasteiger charge is -2.23. The standard InChI is InChI=1S/C14H26N2O/c1-2-3-10-16(13-5-6-13)14(17)7-4-12-8-9-15-11-12/h12-13,15H,2-11H2,1H3. The van der Waals surface area contributed by atoms with E-state index < -0.39 is 0 Å². The van der Waals surface area contributed by atoms with Crippen molar-refractivity contribution in [2.45, 2.75) is 57.9 Å². The lowest BCUT2D eigenvalue weighted by atomic mass is 10.0. The van der Waals surface area contributed by atoms with Crippen molar-refractivity contribution in [1.29, 1.82) is 0 Å². The van der Waals surface area contributed by atoms with Crippen molar-refractivity contribution in [2.24, 2.45) is 5.92 Å². The van der Waals surface area contributed by atoms with E-state index in [1.54, 1.807) is 0 Å². The predicted octanol–water partition coefficient (Wildman–Crippen LogP) is 2.17. The van der Waals surface area contributed by atoms with Crippen molar-refractivity contribution in [3.8, 4) is 0 Å². The average molecular weight is 238 g/mol. The number of hydrogen-bond donors (Lipinski definition) is 1. The SMILES string of the molecule is CCCCN(C(=O)CCC1CCNC1)C1CC1. The zero-order chi connectivity index (χ0) is 12.1. The third-order valence-corrected chi connectivity index (χ3v) is 3.99. The smallest absolute Gasteiger partial charge is 0.222 e. The summed E-state index contributed by atoms with van der Waals surface area (Å²) in [7, 11) is 0. The zero-order valence-corrected chi connectivity index (χ0v) is 11.1. The van der Waals surface area contributed by atoms with Gasteiger partial charge in [0.15, 0.2) is 0 Å². The zero-order valence-electron chi connectivity index (χ0n) is 11.1. The maximum absolute atomic E-state index is 12.2.